The zero-order chi connectivity index (χ0) is 55.8. The first kappa shape index (κ1) is 49.5. The summed E-state index contributed by atoms with van der Waals surface area (Å²) < 4.78 is 9.38. The number of nitrogens with zero attached hydrogens (tertiary/aromatic N) is 7. The first-order chi connectivity index (χ1) is 39.7. The van der Waals surface area contributed by atoms with Crippen molar-refractivity contribution in [1.29, 1.82) is 0 Å². The molecule has 15 aromatic rings. The summed E-state index contributed by atoms with van der Waals surface area (Å²) in [7, 11) is 0. The summed E-state index contributed by atoms with van der Waals surface area (Å²) >= 11 is 0. The van der Waals surface area contributed by atoms with E-state index in [2.05, 4.69) is 298 Å². The highest BCUT2D eigenvalue weighted by atomic mass is 15.3. The molecule has 0 atom stereocenters. The number of benzene rings is 10. The maximum absolute atomic E-state index is 5.43. The Hall–Kier alpha value is -9.59. The van der Waals surface area contributed by atoms with Crippen LogP contribution in [-0.4, -0.2) is 33.2 Å². The van der Waals surface area contributed by atoms with Crippen molar-refractivity contribution in [3.8, 4) is 34.4 Å². The van der Waals surface area contributed by atoms with Crippen LogP contribution in [0.3, 0.4) is 0 Å². The molecule has 15 rings (SSSR count). The van der Waals surface area contributed by atoms with Crippen molar-refractivity contribution < 1.29 is 0 Å². The summed E-state index contributed by atoms with van der Waals surface area (Å²) in [5, 5.41) is 9.66. The topological polar surface area (TPSA) is 58.4 Å². The van der Waals surface area contributed by atoms with Crippen molar-refractivity contribution in [3.63, 3.8) is 0 Å². The van der Waals surface area contributed by atoms with Crippen LogP contribution in [0.5, 0.6) is 0 Å². The van der Waals surface area contributed by atoms with Crippen LogP contribution >= 0.6 is 0 Å². The Balaban J connectivity index is 0.839. The number of rotatable bonds is 8. The number of hydrogen-bond donors (Lipinski definition) is 0. The van der Waals surface area contributed by atoms with Crippen LogP contribution in [0.25, 0.3) is 122 Å². The van der Waals surface area contributed by atoms with E-state index < -0.39 is 0 Å². The van der Waals surface area contributed by atoms with E-state index >= 15 is 0 Å². The van der Waals surface area contributed by atoms with Crippen molar-refractivity contribution in [2.24, 2.45) is 0 Å². The second-order valence-electron chi connectivity index (χ2n) is 25.1. The third kappa shape index (κ3) is 7.81. The molecule has 0 aliphatic carbocycles. The fourth-order valence-corrected chi connectivity index (χ4v) is 13.1. The molecular formula is C75H63N7. The molecule has 0 spiro atoms. The summed E-state index contributed by atoms with van der Waals surface area (Å²) in [6, 6.07) is 82.5. The number of fused-ring (bicyclic) bond motifs is 12. The highest BCUT2D eigenvalue weighted by Gasteiger charge is 2.28. The molecule has 10 aromatic carbocycles. The minimum atomic E-state index is -0.352. The molecular weight excluding hydrogens is 999 g/mol. The number of para-hydroxylation sites is 6. The SMILES string of the molecule is CC(C)(C)c1cc(-c2cccc(-n3c4ccccc4c4cc(C(C)(C)Cc5ccc6c7ccccc7n(-c7nc(-n8c9ccccc9c9ccccc98)nc(C(C)(C)C)n7)c6c5)ccc43)c2)c2c3ccccc3n(-c3ccccc3)c2c1. The molecule has 0 saturated heterocycles. The van der Waals surface area contributed by atoms with E-state index in [0.29, 0.717) is 11.9 Å². The van der Waals surface area contributed by atoms with Gasteiger partial charge >= 0.3 is 0 Å². The molecule has 7 nitrogen and oxygen atoms in total. The maximum Gasteiger partial charge on any atom is 0.239 e. The Labute approximate surface area is 477 Å². The van der Waals surface area contributed by atoms with Crippen LogP contribution in [0, 0.1) is 0 Å². The van der Waals surface area contributed by atoms with Crippen LogP contribution < -0.4 is 0 Å². The van der Waals surface area contributed by atoms with Gasteiger partial charge in [-0.1, -0.05) is 195 Å². The molecule has 0 bridgehead atoms. The molecule has 398 valence electrons. The van der Waals surface area contributed by atoms with Gasteiger partial charge < -0.3 is 9.13 Å². The first-order valence-corrected chi connectivity index (χ1v) is 28.7. The average Bonchev–Trinajstić information content (AvgIpc) is 4.36. The third-order valence-electron chi connectivity index (χ3n) is 17.2. The van der Waals surface area contributed by atoms with Crippen molar-refractivity contribution in [2.45, 2.75) is 78.1 Å². The van der Waals surface area contributed by atoms with Gasteiger partial charge in [-0.2, -0.15) is 15.0 Å². The summed E-state index contributed by atoms with van der Waals surface area (Å²) in [6.45, 7) is 18.3. The Morgan fingerprint density at radius 1 is 0.317 bits per heavy atom. The molecule has 0 amide bonds. The lowest BCUT2D eigenvalue weighted by Gasteiger charge is -2.26. The molecule has 5 heterocycles. The van der Waals surface area contributed by atoms with Gasteiger partial charge in [0.25, 0.3) is 0 Å². The number of aromatic nitrogens is 7. The summed E-state index contributed by atoms with van der Waals surface area (Å²) in [6.07, 6.45) is 0.816. The fourth-order valence-electron chi connectivity index (χ4n) is 13.1. The van der Waals surface area contributed by atoms with E-state index in [1.54, 1.807) is 0 Å². The van der Waals surface area contributed by atoms with Gasteiger partial charge in [-0.3, -0.25) is 9.13 Å². The molecule has 82 heavy (non-hydrogen) atoms. The fraction of sp³-hybridized carbons (Fsp3) is 0.160. The normalized spacial score (nSPS) is 12.7. The third-order valence-corrected chi connectivity index (χ3v) is 17.2. The predicted molar refractivity (Wildman–Crippen MR) is 343 cm³/mol. The Bertz CT molecular complexity index is 5010. The molecule has 0 radical (unpaired) electrons. The minimum absolute atomic E-state index is 0.0739. The monoisotopic (exact) mass is 1060 g/mol. The molecule has 0 fully saturated rings. The zero-order valence-corrected chi connectivity index (χ0v) is 47.7. The van der Waals surface area contributed by atoms with Gasteiger partial charge in [0, 0.05) is 59.9 Å². The lowest BCUT2D eigenvalue weighted by atomic mass is 9.78. The van der Waals surface area contributed by atoms with E-state index in [-0.39, 0.29) is 16.2 Å². The summed E-state index contributed by atoms with van der Waals surface area (Å²) in [5.41, 5.74) is 17.0. The highest BCUT2D eigenvalue weighted by molar-refractivity contribution is 6.17. The average molecular weight is 1060 g/mol. The molecule has 0 aliphatic heterocycles. The quantitative estimate of drug-likeness (QED) is 0.152. The Kier molecular flexibility index (Phi) is 11.0. The van der Waals surface area contributed by atoms with E-state index in [4.69, 9.17) is 15.0 Å². The minimum Gasteiger partial charge on any atom is -0.309 e. The van der Waals surface area contributed by atoms with Gasteiger partial charge in [0.1, 0.15) is 5.82 Å². The molecule has 0 aliphatic rings. The lowest BCUT2D eigenvalue weighted by molar-refractivity contribution is 0.523. The van der Waals surface area contributed by atoms with Gasteiger partial charge in [0.05, 0.1) is 44.1 Å². The molecule has 0 saturated carbocycles. The van der Waals surface area contributed by atoms with Gasteiger partial charge in [0.15, 0.2) is 0 Å². The van der Waals surface area contributed by atoms with Crippen LogP contribution in [-0.2, 0) is 22.7 Å². The summed E-state index contributed by atoms with van der Waals surface area (Å²) in [4.78, 5) is 16.0. The number of hydrogen-bond acceptors (Lipinski definition) is 3. The second-order valence-corrected chi connectivity index (χ2v) is 25.1. The van der Waals surface area contributed by atoms with Crippen molar-refractivity contribution in [3.05, 3.63) is 247 Å². The van der Waals surface area contributed by atoms with Crippen molar-refractivity contribution >= 4 is 87.2 Å². The van der Waals surface area contributed by atoms with Crippen molar-refractivity contribution in [1.82, 2.24) is 33.2 Å². The standard InChI is InChI=1S/C75H63N7/c1-73(2,3)50-44-59(69-58-31-16-21-36-65(58)79(68(69)45-50)51-24-10-9-11-25-51)48-23-22-26-52(42-48)80-61-32-17-15-30-56(61)60-43-49(38-40-66(60)80)75(7,8)46-47-37-39-57-55-29-14-20-35-64(55)82(67(57)41-47)72-77-70(74(4,5)6)76-71(78-72)81-62-33-18-12-27-53(62)54-28-13-19-34-63(54)81/h9-45H,46H2,1-8H3. The highest BCUT2D eigenvalue weighted by Crippen LogP contribution is 2.44. The maximum atomic E-state index is 5.43. The van der Waals surface area contributed by atoms with Gasteiger partial charge in [-0.05, 0) is 130 Å². The van der Waals surface area contributed by atoms with Gasteiger partial charge in [0.2, 0.25) is 11.9 Å². The molecule has 0 N–H and O–H groups in total. The second kappa shape index (κ2) is 18.2. The van der Waals surface area contributed by atoms with E-state index in [0.717, 1.165) is 56.5 Å². The predicted octanol–water partition coefficient (Wildman–Crippen LogP) is 19.0. The van der Waals surface area contributed by atoms with Gasteiger partial charge in [-0.15, -0.1) is 0 Å². The van der Waals surface area contributed by atoms with E-state index in [1.807, 2.05) is 0 Å². The van der Waals surface area contributed by atoms with Crippen LogP contribution in [0.15, 0.2) is 224 Å². The zero-order valence-electron chi connectivity index (χ0n) is 47.7. The Morgan fingerprint density at radius 2 is 0.805 bits per heavy atom. The van der Waals surface area contributed by atoms with Crippen LogP contribution in [0.1, 0.15) is 77.9 Å². The summed E-state index contributed by atoms with van der Waals surface area (Å²) in [5.74, 6) is 1.95. The van der Waals surface area contributed by atoms with Crippen LogP contribution in [0.4, 0.5) is 0 Å². The first-order valence-electron chi connectivity index (χ1n) is 28.7. The van der Waals surface area contributed by atoms with E-state index in [1.165, 1.54) is 82.2 Å². The molecule has 7 heteroatoms. The van der Waals surface area contributed by atoms with Gasteiger partial charge in [-0.25, -0.2) is 0 Å². The van der Waals surface area contributed by atoms with Crippen LogP contribution in [0.2, 0.25) is 0 Å². The Morgan fingerprint density at radius 3 is 1.40 bits per heavy atom. The van der Waals surface area contributed by atoms with Crippen molar-refractivity contribution in [2.75, 3.05) is 0 Å². The lowest BCUT2D eigenvalue weighted by Crippen LogP contribution is -2.21. The molecule has 0 unspecified atom stereocenters. The molecule has 5 aromatic heterocycles. The largest absolute Gasteiger partial charge is 0.309 e. The smallest absolute Gasteiger partial charge is 0.239 e. The van der Waals surface area contributed by atoms with E-state index in [9.17, 15) is 0 Å².